The first kappa shape index (κ1) is 20.9. The molecule has 1 aliphatic rings. The van der Waals surface area contributed by atoms with Crippen LogP contribution in [0.2, 0.25) is 0 Å². The third-order valence-corrected chi connectivity index (χ3v) is 5.72. The largest absolute Gasteiger partial charge is 0.465 e. The van der Waals surface area contributed by atoms with Crippen LogP contribution >= 0.6 is 0 Å². The van der Waals surface area contributed by atoms with Crippen LogP contribution < -0.4 is 5.32 Å². The minimum atomic E-state index is -0.550. The predicted octanol–water partition coefficient (Wildman–Crippen LogP) is 4.07. The second kappa shape index (κ2) is 9.01. The SMILES string of the molecule is [C-]#[N+]c1cc(C)c(NC(=O)C(CCC)[N+]2(CC)CCCC2)c(C(=O)OC)c1. The predicted molar refractivity (Wildman–Crippen MR) is 106 cm³/mol. The van der Waals surface area contributed by atoms with E-state index in [1.165, 1.54) is 13.2 Å². The van der Waals surface area contributed by atoms with Gasteiger partial charge in [0, 0.05) is 19.3 Å². The maximum absolute atomic E-state index is 13.3. The summed E-state index contributed by atoms with van der Waals surface area (Å²) in [6, 6.07) is 3.04. The van der Waals surface area contributed by atoms with Gasteiger partial charge in [0.2, 0.25) is 0 Å². The number of carbonyl (C=O) groups is 2. The van der Waals surface area contributed by atoms with E-state index in [2.05, 4.69) is 24.0 Å². The average Bonchev–Trinajstić information content (AvgIpc) is 3.16. The molecule has 1 heterocycles. The minimum absolute atomic E-state index is 0.0515. The highest BCUT2D eigenvalue weighted by atomic mass is 16.5. The third kappa shape index (κ3) is 4.30. The maximum atomic E-state index is 13.3. The van der Waals surface area contributed by atoms with Gasteiger partial charge in [-0.3, -0.25) is 4.79 Å². The van der Waals surface area contributed by atoms with Gasteiger partial charge in [0.05, 0.1) is 44.6 Å². The zero-order chi connectivity index (χ0) is 20.0. The third-order valence-electron chi connectivity index (χ3n) is 5.72. The number of likely N-dealkylation sites (tertiary alicyclic amines) is 1. The van der Waals surface area contributed by atoms with E-state index >= 15 is 0 Å². The normalized spacial score (nSPS) is 16.4. The molecule has 1 fully saturated rings. The zero-order valence-electron chi connectivity index (χ0n) is 16.8. The number of hydrogen-bond donors (Lipinski definition) is 1. The number of aryl methyl sites for hydroxylation is 1. The Morgan fingerprint density at radius 3 is 2.48 bits per heavy atom. The summed E-state index contributed by atoms with van der Waals surface area (Å²) in [6.07, 6.45) is 4.03. The highest BCUT2D eigenvalue weighted by Gasteiger charge is 2.42. The summed E-state index contributed by atoms with van der Waals surface area (Å²) < 4.78 is 5.68. The van der Waals surface area contributed by atoms with Gasteiger partial charge in [-0.2, -0.15) is 0 Å². The standard InChI is InChI=1S/C21H29N3O3/c1-6-10-18(24(7-2)11-8-9-12-24)20(25)23-19-15(3)13-16(22-4)14-17(19)21(26)27-5/h13-14,18H,6-12H2,1-3,5H3/p+1. The van der Waals surface area contributed by atoms with Crippen LogP contribution in [0.4, 0.5) is 11.4 Å². The van der Waals surface area contributed by atoms with Gasteiger partial charge >= 0.3 is 5.97 Å². The molecule has 1 aromatic carbocycles. The molecule has 1 aromatic rings. The molecule has 1 saturated heterocycles. The number of methoxy groups -OCH3 is 1. The summed E-state index contributed by atoms with van der Waals surface area (Å²) in [6.45, 7) is 16.2. The van der Waals surface area contributed by atoms with Crippen LogP contribution in [-0.2, 0) is 9.53 Å². The fourth-order valence-electron chi connectivity index (χ4n) is 4.22. The van der Waals surface area contributed by atoms with E-state index in [9.17, 15) is 9.59 Å². The van der Waals surface area contributed by atoms with E-state index in [1.807, 2.05) is 0 Å². The van der Waals surface area contributed by atoms with Gasteiger partial charge < -0.3 is 14.5 Å². The molecule has 1 atom stereocenters. The molecule has 0 bridgehead atoms. The van der Waals surface area contributed by atoms with Gasteiger partial charge in [-0.1, -0.05) is 13.0 Å². The number of nitrogens with one attached hydrogen (secondary N) is 1. The number of quaternary nitrogens is 1. The van der Waals surface area contributed by atoms with Crippen LogP contribution in [0.5, 0.6) is 0 Å². The average molecular weight is 372 g/mol. The summed E-state index contributed by atoms with van der Waals surface area (Å²) in [5, 5.41) is 3.01. The number of carbonyl (C=O) groups excluding carboxylic acids is 2. The topological polar surface area (TPSA) is 59.8 Å². The highest BCUT2D eigenvalue weighted by Crippen LogP contribution is 2.31. The Morgan fingerprint density at radius 2 is 1.96 bits per heavy atom. The van der Waals surface area contributed by atoms with E-state index in [0.29, 0.717) is 16.9 Å². The number of esters is 1. The van der Waals surface area contributed by atoms with Crippen molar-refractivity contribution in [1.29, 1.82) is 0 Å². The van der Waals surface area contributed by atoms with Crippen molar-refractivity contribution in [2.75, 3.05) is 32.1 Å². The van der Waals surface area contributed by atoms with Crippen molar-refractivity contribution in [1.82, 2.24) is 0 Å². The zero-order valence-corrected chi connectivity index (χ0v) is 16.8. The van der Waals surface area contributed by atoms with Crippen molar-refractivity contribution < 1.29 is 18.8 Å². The van der Waals surface area contributed by atoms with E-state index in [-0.39, 0.29) is 17.5 Å². The molecule has 0 saturated carbocycles. The summed E-state index contributed by atoms with van der Waals surface area (Å²) in [4.78, 5) is 28.9. The Hall–Kier alpha value is -2.39. The molecule has 27 heavy (non-hydrogen) atoms. The monoisotopic (exact) mass is 372 g/mol. The molecule has 6 nitrogen and oxygen atoms in total. The van der Waals surface area contributed by atoms with E-state index in [0.717, 1.165) is 49.8 Å². The molecular formula is C21H30N3O3+. The molecule has 1 aliphatic heterocycles. The van der Waals surface area contributed by atoms with E-state index in [1.54, 1.807) is 13.0 Å². The number of anilines is 1. The minimum Gasteiger partial charge on any atom is -0.465 e. The van der Waals surface area contributed by atoms with Crippen LogP contribution in [0.25, 0.3) is 4.85 Å². The molecule has 2 rings (SSSR count). The Morgan fingerprint density at radius 1 is 1.30 bits per heavy atom. The molecule has 0 spiro atoms. The lowest BCUT2D eigenvalue weighted by Crippen LogP contribution is -2.58. The fraction of sp³-hybridized carbons (Fsp3) is 0.571. The highest BCUT2D eigenvalue weighted by molar-refractivity contribution is 6.04. The summed E-state index contributed by atoms with van der Waals surface area (Å²) in [5.41, 5.74) is 1.73. The number of hydrogen-bond acceptors (Lipinski definition) is 3. The summed E-state index contributed by atoms with van der Waals surface area (Å²) in [7, 11) is 1.30. The van der Waals surface area contributed by atoms with Gasteiger partial charge in [0.15, 0.2) is 11.7 Å². The number of rotatable bonds is 7. The molecular weight excluding hydrogens is 342 g/mol. The van der Waals surface area contributed by atoms with Crippen LogP contribution in [0.15, 0.2) is 12.1 Å². The lowest BCUT2D eigenvalue weighted by molar-refractivity contribution is -0.930. The second-order valence-electron chi connectivity index (χ2n) is 7.27. The Labute approximate surface area is 161 Å². The number of nitrogens with zero attached hydrogens (tertiary/aromatic N) is 2. The van der Waals surface area contributed by atoms with Crippen molar-refractivity contribution in [3.05, 3.63) is 34.7 Å². The second-order valence-corrected chi connectivity index (χ2v) is 7.27. The molecule has 1 amide bonds. The van der Waals surface area contributed by atoms with Crippen LogP contribution in [0.3, 0.4) is 0 Å². The van der Waals surface area contributed by atoms with Gasteiger partial charge in [-0.05, 0) is 31.9 Å². The van der Waals surface area contributed by atoms with Crippen molar-refractivity contribution >= 4 is 23.3 Å². The molecule has 0 aliphatic carbocycles. The quantitative estimate of drug-likeness (QED) is 0.446. The summed E-state index contributed by atoms with van der Waals surface area (Å²) in [5.74, 6) is -0.601. The van der Waals surface area contributed by atoms with Crippen LogP contribution in [0, 0.1) is 13.5 Å². The van der Waals surface area contributed by atoms with Crippen LogP contribution in [-0.4, -0.2) is 49.1 Å². The van der Waals surface area contributed by atoms with Gasteiger partial charge in [-0.15, -0.1) is 0 Å². The van der Waals surface area contributed by atoms with Gasteiger partial charge in [0.25, 0.3) is 5.91 Å². The maximum Gasteiger partial charge on any atom is 0.338 e. The first-order valence-corrected chi connectivity index (χ1v) is 9.69. The number of ether oxygens (including phenoxy) is 1. The van der Waals surface area contributed by atoms with Crippen molar-refractivity contribution in [3.63, 3.8) is 0 Å². The van der Waals surface area contributed by atoms with Crippen molar-refractivity contribution in [2.45, 2.75) is 52.5 Å². The number of likely N-dealkylation sites (N-methyl/N-ethyl adjacent to an activating group) is 1. The molecule has 6 heteroatoms. The molecule has 1 N–H and O–H groups in total. The first-order valence-electron chi connectivity index (χ1n) is 9.69. The Kier molecular flexibility index (Phi) is 6.98. The van der Waals surface area contributed by atoms with E-state index < -0.39 is 5.97 Å². The van der Waals surface area contributed by atoms with Crippen molar-refractivity contribution in [2.24, 2.45) is 0 Å². The fourth-order valence-corrected chi connectivity index (χ4v) is 4.22. The van der Waals surface area contributed by atoms with Crippen LogP contribution in [0.1, 0.15) is 55.5 Å². The molecule has 146 valence electrons. The van der Waals surface area contributed by atoms with Crippen molar-refractivity contribution in [3.8, 4) is 0 Å². The Balaban J connectivity index is 2.40. The number of amides is 1. The first-order chi connectivity index (χ1) is 12.9. The summed E-state index contributed by atoms with van der Waals surface area (Å²) >= 11 is 0. The van der Waals surface area contributed by atoms with Gasteiger partial charge in [-0.25, -0.2) is 9.64 Å². The lowest BCUT2D eigenvalue weighted by atomic mass is 10.0. The molecule has 0 radical (unpaired) electrons. The Bertz CT molecular complexity index is 746. The smallest absolute Gasteiger partial charge is 0.338 e. The molecule has 0 aromatic heterocycles. The molecule has 1 unspecified atom stereocenters. The van der Waals surface area contributed by atoms with Gasteiger partial charge in [0.1, 0.15) is 0 Å². The van der Waals surface area contributed by atoms with E-state index in [4.69, 9.17) is 11.3 Å². The lowest BCUT2D eigenvalue weighted by Gasteiger charge is -2.40. The number of benzene rings is 1.